The van der Waals surface area contributed by atoms with Gasteiger partial charge in [0.1, 0.15) is 5.60 Å². The Bertz CT molecular complexity index is 874. The van der Waals surface area contributed by atoms with Crippen molar-refractivity contribution in [1.82, 2.24) is 4.68 Å². The second-order valence-corrected chi connectivity index (χ2v) is 8.81. The molecule has 156 valence electrons. The second kappa shape index (κ2) is 8.80. The van der Waals surface area contributed by atoms with E-state index in [9.17, 15) is 9.59 Å². The average Bonchev–Trinajstić information content (AvgIpc) is 3.10. The highest BCUT2D eigenvalue weighted by Gasteiger charge is 2.25. The number of carbonyl (C=O) groups is 2. The summed E-state index contributed by atoms with van der Waals surface area (Å²) in [5.74, 6) is -0.598. The Kier molecular flexibility index (Phi) is 6.40. The third kappa shape index (κ3) is 5.46. The molecule has 3 rings (SSSR count). The van der Waals surface area contributed by atoms with E-state index in [1.165, 1.54) is 19.3 Å². The molecule has 1 fully saturated rings. The summed E-state index contributed by atoms with van der Waals surface area (Å²) in [5.41, 5.74) is 1.12. The molecule has 0 bridgehead atoms. The van der Waals surface area contributed by atoms with Crippen molar-refractivity contribution >= 4 is 17.6 Å². The summed E-state index contributed by atoms with van der Waals surface area (Å²) in [4.78, 5) is 25.4. The van der Waals surface area contributed by atoms with Gasteiger partial charge in [-0.05, 0) is 52.2 Å². The van der Waals surface area contributed by atoms with Gasteiger partial charge in [-0.3, -0.25) is 4.79 Å². The van der Waals surface area contributed by atoms with Gasteiger partial charge in [-0.25, -0.2) is 4.79 Å². The van der Waals surface area contributed by atoms with E-state index in [2.05, 4.69) is 10.00 Å². The number of ether oxygens (including phenoxy) is 1. The lowest BCUT2D eigenvalue weighted by atomic mass is 9.96. The monoisotopic (exact) mass is 398 g/mol. The minimum Gasteiger partial charge on any atom is -0.456 e. The van der Waals surface area contributed by atoms with E-state index in [0.29, 0.717) is 17.3 Å². The number of hydrogen-bond donors (Lipinski definition) is 1. The molecule has 1 heterocycles. The smallest absolute Gasteiger partial charge is 0.340 e. The summed E-state index contributed by atoms with van der Waals surface area (Å²) in [6, 6.07) is 7.78. The molecule has 1 aromatic heterocycles. The van der Waals surface area contributed by atoms with Crippen LogP contribution in [0.3, 0.4) is 0 Å². The number of amides is 1. The van der Waals surface area contributed by atoms with E-state index in [-0.39, 0.29) is 12.5 Å². The fraction of sp³-hybridized carbons (Fsp3) is 0.522. The van der Waals surface area contributed by atoms with E-state index in [4.69, 9.17) is 4.74 Å². The van der Waals surface area contributed by atoms with E-state index in [1.54, 1.807) is 12.1 Å². The molecular formula is C23H32N3O3+. The highest BCUT2D eigenvalue weighted by atomic mass is 16.6. The van der Waals surface area contributed by atoms with E-state index < -0.39 is 11.6 Å². The zero-order chi connectivity index (χ0) is 21.0. The van der Waals surface area contributed by atoms with Crippen molar-refractivity contribution in [3.05, 3.63) is 47.8 Å². The number of nitrogens with one attached hydrogen (secondary N) is 1. The Labute approximate surface area is 172 Å². The predicted octanol–water partition coefficient (Wildman–Crippen LogP) is 4.18. The van der Waals surface area contributed by atoms with Crippen LogP contribution in [0.5, 0.6) is 0 Å². The van der Waals surface area contributed by atoms with E-state index in [0.717, 1.165) is 18.4 Å². The molecule has 1 aromatic carbocycles. The Morgan fingerprint density at radius 2 is 1.90 bits per heavy atom. The van der Waals surface area contributed by atoms with Crippen LogP contribution in [-0.4, -0.2) is 22.2 Å². The number of hydrogen-bond acceptors (Lipinski definition) is 3. The molecule has 0 saturated heterocycles. The van der Waals surface area contributed by atoms with Crippen molar-refractivity contribution in [2.24, 2.45) is 0 Å². The van der Waals surface area contributed by atoms with Gasteiger partial charge in [-0.15, -0.1) is 4.68 Å². The van der Waals surface area contributed by atoms with E-state index in [1.807, 2.05) is 56.9 Å². The molecule has 2 aromatic rings. The first kappa shape index (κ1) is 21.1. The quantitative estimate of drug-likeness (QED) is 0.607. The van der Waals surface area contributed by atoms with Crippen molar-refractivity contribution in [1.29, 1.82) is 0 Å². The summed E-state index contributed by atoms with van der Waals surface area (Å²) >= 11 is 0. The van der Waals surface area contributed by atoms with Crippen LogP contribution in [0.25, 0.3) is 0 Å². The Hall–Kier alpha value is -2.63. The number of para-hydroxylation sites is 1. The number of anilines is 1. The lowest BCUT2D eigenvalue weighted by molar-refractivity contribution is -0.767. The van der Waals surface area contributed by atoms with Gasteiger partial charge < -0.3 is 10.1 Å². The molecule has 6 nitrogen and oxygen atoms in total. The first-order valence-electron chi connectivity index (χ1n) is 10.4. The minimum absolute atomic E-state index is 0.162. The van der Waals surface area contributed by atoms with Gasteiger partial charge in [-0.2, -0.15) is 4.68 Å². The molecule has 1 aliphatic carbocycles. The number of rotatable bonds is 5. The molecule has 0 unspecified atom stereocenters. The summed E-state index contributed by atoms with van der Waals surface area (Å²) in [7, 11) is 0. The fourth-order valence-corrected chi connectivity index (χ4v) is 3.86. The molecule has 1 amide bonds. The molecular weight excluding hydrogens is 366 g/mol. The lowest BCUT2D eigenvalue weighted by Crippen LogP contribution is -2.48. The van der Waals surface area contributed by atoms with Crippen LogP contribution in [0.4, 0.5) is 5.69 Å². The van der Waals surface area contributed by atoms with E-state index >= 15 is 0 Å². The number of benzene rings is 1. The van der Waals surface area contributed by atoms with Gasteiger partial charge in [0.05, 0.1) is 23.5 Å². The van der Waals surface area contributed by atoms with Gasteiger partial charge in [0, 0.05) is 6.07 Å². The average molecular weight is 399 g/mol. The van der Waals surface area contributed by atoms with Crippen molar-refractivity contribution in [3.8, 4) is 0 Å². The molecule has 0 aliphatic heterocycles. The van der Waals surface area contributed by atoms with Crippen LogP contribution in [0.2, 0.25) is 0 Å². The topological polar surface area (TPSA) is 64.2 Å². The van der Waals surface area contributed by atoms with Crippen LogP contribution < -0.4 is 10.00 Å². The van der Waals surface area contributed by atoms with Crippen LogP contribution in [0.1, 0.15) is 74.8 Å². The summed E-state index contributed by atoms with van der Waals surface area (Å²) in [6.07, 6.45) is 10.0. The maximum Gasteiger partial charge on any atom is 0.340 e. The Balaban J connectivity index is 1.75. The van der Waals surface area contributed by atoms with Crippen LogP contribution in [0.15, 0.2) is 36.7 Å². The molecule has 0 radical (unpaired) electrons. The van der Waals surface area contributed by atoms with Crippen molar-refractivity contribution in [2.75, 3.05) is 5.32 Å². The fourth-order valence-electron chi connectivity index (χ4n) is 3.86. The van der Waals surface area contributed by atoms with Gasteiger partial charge in [0.2, 0.25) is 6.54 Å². The summed E-state index contributed by atoms with van der Waals surface area (Å²) in [6.45, 7) is 7.56. The van der Waals surface area contributed by atoms with Crippen LogP contribution in [0, 0.1) is 6.92 Å². The largest absolute Gasteiger partial charge is 0.456 e. The van der Waals surface area contributed by atoms with Gasteiger partial charge in [0.25, 0.3) is 5.91 Å². The van der Waals surface area contributed by atoms with Crippen molar-refractivity contribution in [2.45, 2.75) is 78.0 Å². The SMILES string of the molecule is Cc1cccc(C(=O)OC(C)(C)C)c1NC(=O)C[n+]1cccn1C1CCCCC1. The summed E-state index contributed by atoms with van der Waals surface area (Å²) < 4.78 is 9.63. The first-order valence-corrected chi connectivity index (χ1v) is 10.4. The zero-order valence-electron chi connectivity index (χ0n) is 17.9. The molecule has 1 saturated carbocycles. The van der Waals surface area contributed by atoms with Crippen molar-refractivity contribution < 1.29 is 19.0 Å². The molecule has 0 atom stereocenters. The predicted molar refractivity (Wildman–Crippen MR) is 112 cm³/mol. The molecule has 1 N–H and O–H groups in total. The zero-order valence-corrected chi connectivity index (χ0v) is 17.9. The summed E-state index contributed by atoms with van der Waals surface area (Å²) in [5, 5.41) is 2.94. The Morgan fingerprint density at radius 3 is 2.59 bits per heavy atom. The second-order valence-electron chi connectivity index (χ2n) is 8.81. The van der Waals surface area contributed by atoms with Crippen molar-refractivity contribution in [3.63, 3.8) is 0 Å². The third-order valence-electron chi connectivity index (χ3n) is 5.20. The number of carbonyl (C=O) groups excluding carboxylic acids is 2. The van der Waals surface area contributed by atoms with Gasteiger partial charge >= 0.3 is 5.97 Å². The molecule has 29 heavy (non-hydrogen) atoms. The van der Waals surface area contributed by atoms with Gasteiger partial charge in [0.15, 0.2) is 6.20 Å². The number of nitrogens with zero attached hydrogens (tertiary/aromatic N) is 2. The highest BCUT2D eigenvalue weighted by Crippen LogP contribution is 2.27. The minimum atomic E-state index is -0.598. The lowest BCUT2D eigenvalue weighted by Gasteiger charge is -2.21. The molecule has 6 heteroatoms. The third-order valence-corrected chi connectivity index (χ3v) is 5.20. The normalized spacial score (nSPS) is 15.2. The van der Waals surface area contributed by atoms with Gasteiger partial charge in [-0.1, -0.05) is 31.4 Å². The van der Waals surface area contributed by atoms with Crippen LogP contribution >= 0.6 is 0 Å². The maximum atomic E-state index is 12.8. The number of aromatic nitrogens is 2. The molecule has 0 spiro atoms. The highest BCUT2D eigenvalue weighted by molar-refractivity contribution is 6.02. The number of esters is 1. The maximum absolute atomic E-state index is 12.8. The van der Waals surface area contributed by atoms with Crippen LogP contribution in [-0.2, 0) is 16.1 Å². The standard InChI is InChI=1S/C23H31N3O3/c1-17-10-8-13-19(22(28)29-23(2,3)4)21(17)24-20(27)16-25-14-9-15-26(25)18-11-6-5-7-12-18/h8-10,13-15,18H,5-7,11-12,16H2,1-4H3/p+1. The molecule has 1 aliphatic rings. The first-order chi connectivity index (χ1) is 13.7. The number of aryl methyl sites for hydroxylation is 1. The Morgan fingerprint density at radius 1 is 1.17 bits per heavy atom.